The number of rotatable bonds is 4. The molecule has 5 rings (SSSR count). The number of aliphatic hydroxyl groups is 1. The van der Waals surface area contributed by atoms with Gasteiger partial charge in [-0.3, -0.25) is 9.59 Å². The van der Waals surface area contributed by atoms with Gasteiger partial charge in [0.1, 0.15) is 17.3 Å². The molecule has 1 aliphatic carbocycles. The Kier molecular flexibility index (Phi) is 4.93. The highest BCUT2D eigenvalue weighted by Gasteiger charge is 2.49. The number of likely N-dealkylation sites (tertiary alicyclic amines) is 1. The van der Waals surface area contributed by atoms with E-state index >= 15 is 0 Å². The summed E-state index contributed by atoms with van der Waals surface area (Å²) in [4.78, 5) is 28.0. The number of benzene rings is 2. The molecule has 2 aromatic rings. The molecular formula is C25H25NO5. The lowest BCUT2D eigenvalue weighted by molar-refractivity contribution is -0.141. The lowest BCUT2D eigenvalue weighted by Crippen LogP contribution is -2.37. The van der Waals surface area contributed by atoms with Gasteiger partial charge in [-0.2, -0.15) is 0 Å². The lowest BCUT2D eigenvalue weighted by Gasteiger charge is -2.31. The van der Waals surface area contributed by atoms with E-state index in [0.29, 0.717) is 17.9 Å². The summed E-state index contributed by atoms with van der Waals surface area (Å²) in [6, 6.07) is 12.1. The second-order valence-corrected chi connectivity index (χ2v) is 8.34. The van der Waals surface area contributed by atoms with Crippen molar-refractivity contribution in [3.63, 3.8) is 0 Å². The summed E-state index contributed by atoms with van der Waals surface area (Å²) in [5, 5.41) is 11.3. The molecule has 6 heteroatoms. The maximum atomic E-state index is 13.2. The lowest BCUT2D eigenvalue weighted by atomic mass is 9.94. The first-order valence-corrected chi connectivity index (χ1v) is 10.8. The van der Waals surface area contributed by atoms with E-state index < -0.39 is 17.7 Å². The Morgan fingerprint density at radius 1 is 1.13 bits per heavy atom. The zero-order valence-electron chi connectivity index (χ0n) is 17.5. The Balaban J connectivity index is 1.66. The van der Waals surface area contributed by atoms with Gasteiger partial charge in [0.2, 0.25) is 0 Å². The Labute approximate surface area is 181 Å². The van der Waals surface area contributed by atoms with Crippen LogP contribution in [0.3, 0.4) is 0 Å². The van der Waals surface area contributed by atoms with Gasteiger partial charge in [0.15, 0.2) is 0 Å². The van der Waals surface area contributed by atoms with E-state index in [4.69, 9.17) is 9.47 Å². The Bertz CT molecular complexity index is 1080. The molecule has 1 saturated heterocycles. The number of methoxy groups -OCH3 is 1. The average molecular weight is 419 g/mol. The van der Waals surface area contributed by atoms with Gasteiger partial charge in [0.25, 0.3) is 11.7 Å². The molecule has 0 aromatic heterocycles. The van der Waals surface area contributed by atoms with Gasteiger partial charge in [-0.15, -0.1) is 0 Å². The van der Waals surface area contributed by atoms with Crippen LogP contribution in [0.2, 0.25) is 0 Å². The fourth-order valence-corrected chi connectivity index (χ4v) is 5.04. The molecule has 6 nitrogen and oxygen atoms in total. The highest BCUT2D eigenvalue weighted by molar-refractivity contribution is 6.46. The molecule has 0 bridgehead atoms. The van der Waals surface area contributed by atoms with Gasteiger partial charge in [0, 0.05) is 18.0 Å². The maximum absolute atomic E-state index is 13.2. The molecule has 2 aliphatic heterocycles. The van der Waals surface area contributed by atoms with Crippen molar-refractivity contribution in [2.75, 3.05) is 13.7 Å². The quantitative estimate of drug-likeness (QED) is 0.461. The van der Waals surface area contributed by atoms with E-state index in [-0.39, 0.29) is 17.4 Å². The Morgan fingerprint density at radius 2 is 1.94 bits per heavy atom. The topological polar surface area (TPSA) is 76.1 Å². The molecule has 1 amide bonds. The molecule has 160 valence electrons. The highest BCUT2D eigenvalue weighted by Crippen LogP contribution is 2.44. The van der Waals surface area contributed by atoms with Crippen LogP contribution in [-0.2, 0) is 16.0 Å². The van der Waals surface area contributed by atoms with Crippen LogP contribution in [0.15, 0.2) is 48.0 Å². The number of ketones is 1. The van der Waals surface area contributed by atoms with Crippen molar-refractivity contribution >= 4 is 17.4 Å². The number of hydrogen-bond acceptors (Lipinski definition) is 5. The fraction of sp³-hybridized carbons (Fsp3) is 0.360. The SMILES string of the molecule is COc1cccc(C2/C(=C(/O)c3ccc4c(c3)CCO4)C(=O)C(=O)N2C2CCCC2)c1. The molecule has 0 radical (unpaired) electrons. The first-order chi connectivity index (χ1) is 15.1. The second-order valence-electron chi connectivity index (χ2n) is 8.34. The molecule has 1 unspecified atom stereocenters. The Hall–Kier alpha value is -3.28. The molecule has 31 heavy (non-hydrogen) atoms. The number of ether oxygens (including phenoxy) is 2. The van der Waals surface area contributed by atoms with Crippen LogP contribution in [0.25, 0.3) is 5.76 Å². The standard InChI is InChI=1S/C25H25NO5/c1-30-19-8-4-5-16(14-19)22-21(24(28)25(29)26(22)18-6-2-3-7-18)23(27)17-9-10-20-15(13-17)11-12-31-20/h4-5,8-10,13-14,18,22,27H,2-3,6-7,11-12H2,1H3/b23-21-. The van der Waals surface area contributed by atoms with Crippen LogP contribution in [0, 0.1) is 0 Å². The summed E-state index contributed by atoms with van der Waals surface area (Å²) in [5.41, 5.74) is 2.43. The van der Waals surface area contributed by atoms with E-state index in [1.54, 1.807) is 18.1 Å². The van der Waals surface area contributed by atoms with E-state index in [0.717, 1.165) is 49.0 Å². The summed E-state index contributed by atoms with van der Waals surface area (Å²) in [6.45, 7) is 0.607. The second kappa shape index (κ2) is 7.76. The van der Waals surface area contributed by atoms with Gasteiger partial charge < -0.3 is 19.5 Å². The van der Waals surface area contributed by atoms with E-state index in [1.165, 1.54) is 0 Å². The third-order valence-electron chi connectivity index (χ3n) is 6.57. The number of carbonyl (C=O) groups excluding carboxylic acids is 2. The largest absolute Gasteiger partial charge is 0.507 e. The molecule has 3 aliphatic rings. The molecule has 1 saturated carbocycles. The van der Waals surface area contributed by atoms with E-state index in [1.807, 2.05) is 36.4 Å². The number of fused-ring (bicyclic) bond motifs is 1. The number of Topliss-reactive ketones (excluding diaryl/α,β-unsaturated/α-hetero) is 1. The minimum atomic E-state index is -0.636. The maximum Gasteiger partial charge on any atom is 0.295 e. The van der Waals surface area contributed by atoms with Crippen molar-refractivity contribution in [1.82, 2.24) is 4.90 Å². The summed E-state index contributed by atoms with van der Waals surface area (Å²) in [5.74, 6) is 0.137. The molecule has 2 fully saturated rings. The average Bonchev–Trinajstić information content (AvgIpc) is 3.53. The van der Waals surface area contributed by atoms with Gasteiger partial charge in [0.05, 0.1) is 25.3 Å². The first-order valence-electron chi connectivity index (χ1n) is 10.8. The van der Waals surface area contributed by atoms with Gasteiger partial charge in [-0.05, 0) is 54.3 Å². The molecule has 1 atom stereocenters. The van der Waals surface area contributed by atoms with Crippen LogP contribution < -0.4 is 9.47 Å². The first kappa shape index (κ1) is 19.7. The summed E-state index contributed by atoms with van der Waals surface area (Å²) in [6.07, 6.45) is 4.55. The van der Waals surface area contributed by atoms with Crippen molar-refractivity contribution in [1.29, 1.82) is 0 Å². The molecule has 1 N–H and O–H groups in total. The summed E-state index contributed by atoms with van der Waals surface area (Å²) >= 11 is 0. The van der Waals surface area contributed by atoms with Crippen LogP contribution in [0.4, 0.5) is 0 Å². The molecule has 2 aromatic carbocycles. The monoisotopic (exact) mass is 419 g/mol. The zero-order chi connectivity index (χ0) is 21.5. The number of hydrogen-bond donors (Lipinski definition) is 1. The summed E-state index contributed by atoms with van der Waals surface area (Å²) in [7, 11) is 1.58. The minimum Gasteiger partial charge on any atom is -0.507 e. The van der Waals surface area contributed by atoms with Crippen molar-refractivity contribution in [3.8, 4) is 11.5 Å². The van der Waals surface area contributed by atoms with Gasteiger partial charge in [-0.1, -0.05) is 25.0 Å². The van der Waals surface area contributed by atoms with Crippen LogP contribution in [0.5, 0.6) is 11.5 Å². The minimum absolute atomic E-state index is 0.00799. The molecule has 2 heterocycles. The van der Waals surface area contributed by atoms with Crippen molar-refractivity contribution in [2.45, 2.75) is 44.2 Å². The highest BCUT2D eigenvalue weighted by atomic mass is 16.5. The van der Waals surface area contributed by atoms with Gasteiger partial charge >= 0.3 is 0 Å². The van der Waals surface area contributed by atoms with Crippen LogP contribution in [-0.4, -0.2) is 41.5 Å². The van der Waals surface area contributed by atoms with E-state index in [2.05, 4.69) is 0 Å². The molecular weight excluding hydrogens is 394 g/mol. The molecule has 0 spiro atoms. The van der Waals surface area contributed by atoms with Gasteiger partial charge in [-0.25, -0.2) is 0 Å². The van der Waals surface area contributed by atoms with Crippen LogP contribution >= 0.6 is 0 Å². The smallest absolute Gasteiger partial charge is 0.295 e. The predicted octanol–water partition coefficient (Wildman–Crippen LogP) is 3.99. The number of nitrogens with zero attached hydrogens (tertiary/aromatic N) is 1. The number of amides is 1. The normalized spacial score (nSPS) is 22.6. The third-order valence-corrected chi connectivity index (χ3v) is 6.57. The fourth-order valence-electron chi connectivity index (χ4n) is 5.04. The summed E-state index contributed by atoms with van der Waals surface area (Å²) < 4.78 is 10.9. The zero-order valence-corrected chi connectivity index (χ0v) is 17.5. The number of carbonyl (C=O) groups is 2. The van der Waals surface area contributed by atoms with E-state index in [9.17, 15) is 14.7 Å². The number of aliphatic hydroxyl groups excluding tert-OH is 1. The third kappa shape index (κ3) is 3.26. The van der Waals surface area contributed by atoms with Crippen molar-refractivity contribution in [3.05, 3.63) is 64.7 Å². The van der Waals surface area contributed by atoms with Crippen LogP contribution in [0.1, 0.15) is 48.4 Å². The van der Waals surface area contributed by atoms with Crippen molar-refractivity contribution in [2.24, 2.45) is 0 Å². The van der Waals surface area contributed by atoms with Crippen molar-refractivity contribution < 1.29 is 24.2 Å². The predicted molar refractivity (Wildman–Crippen MR) is 115 cm³/mol. The Morgan fingerprint density at radius 3 is 2.71 bits per heavy atom.